The van der Waals surface area contributed by atoms with Crippen LogP contribution in [0.25, 0.3) is 0 Å². The van der Waals surface area contributed by atoms with Gasteiger partial charge in [0.05, 0.1) is 5.69 Å². The fourth-order valence-corrected chi connectivity index (χ4v) is 3.85. The third-order valence-electron chi connectivity index (χ3n) is 3.24. The molecule has 1 aliphatic rings. The van der Waals surface area contributed by atoms with Crippen LogP contribution in [0.5, 0.6) is 0 Å². The molecule has 1 aromatic rings. The van der Waals surface area contributed by atoms with Gasteiger partial charge >= 0.3 is 0 Å². The van der Waals surface area contributed by atoms with Crippen molar-refractivity contribution >= 4 is 22.4 Å². The SMILES string of the molecule is Cc1nccnc1S(=O)(=O)N1CCCC(CN)C1.Cl. The van der Waals surface area contributed by atoms with E-state index in [0.29, 0.717) is 25.3 Å². The Bertz CT molecular complexity index is 523. The maximum atomic E-state index is 12.5. The summed E-state index contributed by atoms with van der Waals surface area (Å²) >= 11 is 0. The highest BCUT2D eigenvalue weighted by molar-refractivity contribution is 7.89. The maximum absolute atomic E-state index is 12.5. The van der Waals surface area contributed by atoms with E-state index in [1.165, 1.54) is 16.7 Å². The number of nitrogens with two attached hydrogens (primary N) is 1. The molecule has 2 heterocycles. The number of aromatic nitrogens is 2. The Morgan fingerprint density at radius 2 is 2.11 bits per heavy atom. The molecule has 0 saturated carbocycles. The minimum atomic E-state index is -3.53. The predicted molar refractivity (Wildman–Crippen MR) is 74.6 cm³/mol. The number of halogens is 1. The first kappa shape index (κ1) is 16.3. The Morgan fingerprint density at radius 1 is 1.42 bits per heavy atom. The van der Waals surface area contributed by atoms with Crippen molar-refractivity contribution in [2.24, 2.45) is 11.7 Å². The van der Waals surface area contributed by atoms with E-state index in [1.807, 2.05) is 0 Å². The van der Waals surface area contributed by atoms with Gasteiger partial charge in [0.2, 0.25) is 0 Å². The Labute approximate surface area is 119 Å². The zero-order valence-electron chi connectivity index (χ0n) is 10.8. The molecule has 1 fully saturated rings. The molecular formula is C11H19ClN4O2S. The fourth-order valence-electron chi connectivity index (χ4n) is 2.21. The van der Waals surface area contributed by atoms with Gasteiger partial charge in [-0.25, -0.2) is 13.4 Å². The zero-order chi connectivity index (χ0) is 13.2. The third kappa shape index (κ3) is 3.42. The number of sulfonamides is 1. The van der Waals surface area contributed by atoms with Crippen molar-refractivity contribution in [3.05, 3.63) is 18.1 Å². The van der Waals surface area contributed by atoms with Crippen LogP contribution in [0, 0.1) is 12.8 Å². The molecule has 2 N–H and O–H groups in total. The highest BCUT2D eigenvalue weighted by atomic mass is 35.5. The second-order valence-corrected chi connectivity index (χ2v) is 6.41. The molecule has 0 aromatic carbocycles. The second kappa shape index (κ2) is 6.60. The Kier molecular flexibility index (Phi) is 5.66. The van der Waals surface area contributed by atoms with Gasteiger partial charge in [-0.1, -0.05) is 0 Å². The van der Waals surface area contributed by atoms with Gasteiger partial charge in [0.1, 0.15) is 0 Å². The van der Waals surface area contributed by atoms with Crippen LogP contribution in [0.2, 0.25) is 0 Å². The first-order chi connectivity index (χ1) is 8.55. The Hall–Kier alpha value is -0.760. The average Bonchev–Trinajstić information content (AvgIpc) is 2.39. The molecule has 0 bridgehead atoms. The van der Waals surface area contributed by atoms with Gasteiger partial charge in [-0.3, -0.25) is 4.98 Å². The summed E-state index contributed by atoms with van der Waals surface area (Å²) in [4.78, 5) is 7.94. The topological polar surface area (TPSA) is 89.2 Å². The quantitative estimate of drug-likeness (QED) is 0.881. The largest absolute Gasteiger partial charge is 0.330 e. The van der Waals surface area contributed by atoms with Gasteiger partial charge in [-0.2, -0.15) is 4.31 Å². The van der Waals surface area contributed by atoms with Crippen molar-refractivity contribution in [3.8, 4) is 0 Å². The van der Waals surface area contributed by atoms with Crippen LogP contribution in [0.15, 0.2) is 17.4 Å². The molecule has 6 nitrogen and oxygen atoms in total. The normalized spacial score (nSPS) is 20.8. The molecule has 0 radical (unpaired) electrons. The summed E-state index contributed by atoms with van der Waals surface area (Å²) in [7, 11) is -3.53. The molecule has 1 aliphatic heterocycles. The minimum Gasteiger partial charge on any atom is -0.330 e. The van der Waals surface area contributed by atoms with Crippen LogP contribution in [0.1, 0.15) is 18.5 Å². The van der Waals surface area contributed by atoms with Crippen LogP contribution in [-0.4, -0.2) is 42.3 Å². The molecule has 19 heavy (non-hydrogen) atoms. The summed E-state index contributed by atoms with van der Waals surface area (Å²) in [6.07, 6.45) is 4.74. The lowest BCUT2D eigenvalue weighted by Crippen LogP contribution is -2.42. The number of nitrogens with zero attached hydrogens (tertiary/aromatic N) is 3. The van der Waals surface area contributed by atoms with Crippen LogP contribution in [0.4, 0.5) is 0 Å². The molecule has 0 aliphatic carbocycles. The Morgan fingerprint density at radius 3 is 2.74 bits per heavy atom. The van der Waals surface area contributed by atoms with E-state index in [9.17, 15) is 8.42 Å². The molecule has 1 saturated heterocycles. The molecular weight excluding hydrogens is 288 g/mol. The van der Waals surface area contributed by atoms with Gasteiger partial charge in [-0.15, -0.1) is 12.4 Å². The maximum Gasteiger partial charge on any atom is 0.262 e. The molecule has 108 valence electrons. The van der Waals surface area contributed by atoms with Gasteiger partial charge in [0.15, 0.2) is 5.03 Å². The summed E-state index contributed by atoms with van der Waals surface area (Å²) in [6, 6.07) is 0. The summed E-state index contributed by atoms with van der Waals surface area (Å²) in [5.41, 5.74) is 6.07. The number of hydrogen-bond donors (Lipinski definition) is 1. The second-order valence-electron chi connectivity index (χ2n) is 4.55. The molecule has 1 aromatic heterocycles. The molecule has 1 atom stereocenters. The first-order valence-electron chi connectivity index (χ1n) is 6.03. The van der Waals surface area contributed by atoms with Crippen LogP contribution < -0.4 is 5.73 Å². The van der Waals surface area contributed by atoms with E-state index >= 15 is 0 Å². The lowest BCUT2D eigenvalue weighted by molar-refractivity contribution is 0.270. The van der Waals surface area contributed by atoms with Gasteiger partial charge in [-0.05, 0) is 32.2 Å². The smallest absolute Gasteiger partial charge is 0.262 e. The third-order valence-corrected chi connectivity index (χ3v) is 5.14. The summed E-state index contributed by atoms with van der Waals surface area (Å²) in [5.74, 6) is 0.241. The van der Waals surface area contributed by atoms with E-state index in [2.05, 4.69) is 9.97 Å². The number of hydrogen-bond acceptors (Lipinski definition) is 5. The average molecular weight is 307 g/mol. The molecule has 0 spiro atoms. The predicted octanol–water partition coefficient (Wildman–Crippen LogP) is 0.566. The number of piperidine rings is 1. The summed E-state index contributed by atoms with van der Waals surface area (Å²) < 4.78 is 26.4. The summed E-state index contributed by atoms with van der Waals surface area (Å²) in [6.45, 7) is 3.19. The van der Waals surface area contributed by atoms with Crippen molar-refractivity contribution in [2.45, 2.75) is 24.8 Å². The number of rotatable bonds is 3. The van der Waals surface area contributed by atoms with Gasteiger partial charge in [0, 0.05) is 25.5 Å². The van der Waals surface area contributed by atoms with E-state index in [1.54, 1.807) is 6.92 Å². The highest BCUT2D eigenvalue weighted by Gasteiger charge is 2.31. The van der Waals surface area contributed by atoms with Crippen molar-refractivity contribution in [1.29, 1.82) is 0 Å². The first-order valence-corrected chi connectivity index (χ1v) is 7.47. The molecule has 2 rings (SSSR count). The van der Waals surface area contributed by atoms with Crippen molar-refractivity contribution in [3.63, 3.8) is 0 Å². The van der Waals surface area contributed by atoms with Crippen molar-refractivity contribution in [2.75, 3.05) is 19.6 Å². The fraction of sp³-hybridized carbons (Fsp3) is 0.636. The van der Waals surface area contributed by atoms with E-state index in [0.717, 1.165) is 12.8 Å². The minimum absolute atomic E-state index is 0. The van der Waals surface area contributed by atoms with Gasteiger partial charge < -0.3 is 5.73 Å². The highest BCUT2D eigenvalue weighted by Crippen LogP contribution is 2.22. The van der Waals surface area contributed by atoms with E-state index < -0.39 is 10.0 Å². The standard InChI is InChI=1S/C11H18N4O2S.ClH/c1-9-11(14-5-4-13-9)18(16,17)15-6-2-3-10(7-12)8-15;/h4-5,10H,2-3,6-8,12H2,1H3;1H. The summed E-state index contributed by atoms with van der Waals surface area (Å²) in [5, 5.41) is 0.0580. The van der Waals surface area contributed by atoms with Crippen molar-refractivity contribution < 1.29 is 8.42 Å². The van der Waals surface area contributed by atoms with E-state index in [4.69, 9.17) is 5.73 Å². The van der Waals surface area contributed by atoms with E-state index in [-0.39, 0.29) is 23.4 Å². The zero-order valence-corrected chi connectivity index (χ0v) is 12.5. The molecule has 8 heteroatoms. The Balaban J connectivity index is 0.00000180. The number of aryl methyl sites for hydroxylation is 1. The van der Waals surface area contributed by atoms with Crippen LogP contribution >= 0.6 is 12.4 Å². The van der Waals surface area contributed by atoms with Crippen molar-refractivity contribution in [1.82, 2.24) is 14.3 Å². The van der Waals surface area contributed by atoms with Crippen LogP contribution in [0.3, 0.4) is 0 Å². The lowest BCUT2D eigenvalue weighted by Gasteiger charge is -2.31. The monoisotopic (exact) mass is 306 g/mol. The van der Waals surface area contributed by atoms with Crippen LogP contribution in [-0.2, 0) is 10.0 Å². The molecule has 1 unspecified atom stereocenters. The lowest BCUT2D eigenvalue weighted by atomic mass is 10.0. The molecule has 0 amide bonds. The van der Waals surface area contributed by atoms with Gasteiger partial charge in [0.25, 0.3) is 10.0 Å².